The van der Waals surface area contributed by atoms with Crippen LogP contribution in [0.3, 0.4) is 0 Å². The zero-order valence-electron chi connectivity index (χ0n) is 18.0. The van der Waals surface area contributed by atoms with E-state index in [1.807, 2.05) is 6.92 Å². The van der Waals surface area contributed by atoms with Gasteiger partial charge in [0.2, 0.25) is 6.79 Å². The lowest BCUT2D eigenvalue weighted by molar-refractivity contribution is -0.164. The third kappa shape index (κ3) is 3.31. The predicted octanol–water partition coefficient (Wildman–Crippen LogP) is 2.78. The third-order valence-electron chi connectivity index (χ3n) is 5.80. The van der Waals surface area contributed by atoms with Gasteiger partial charge < -0.3 is 18.9 Å². The van der Waals surface area contributed by atoms with E-state index < -0.39 is 38.4 Å². The number of rotatable bonds is 7. The molecule has 1 aliphatic heterocycles. The Bertz CT molecular complexity index is 1140. The van der Waals surface area contributed by atoms with E-state index in [-0.39, 0.29) is 24.9 Å². The second kappa shape index (κ2) is 8.12. The van der Waals surface area contributed by atoms with E-state index in [0.29, 0.717) is 17.1 Å². The molecule has 0 spiro atoms. The molecule has 0 bridgehead atoms. The van der Waals surface area contributed by atoms with E-state index in [9.17, 15) is 18.0 Å². The Morgan fingerprint density at radius 1 is 0.969 bits per heavy atom. The van der Waals surface area contributed by atoms with Crippen LogP contribution in [-0.2, 0) is 28.9 Å². The SMILES string of the molecule is CCOC(=O)C1(C(=O)OCC)[C@@H](c2ccc3c(c2)OCO3)[C@@H]1S(=O)(=O)c1ccc(C)cc1. The van der Waals surface area contributed by atoms with Crippen molar-refractivity contribution in [2.24, 2.45) is 5.41 Å². The molecule has 170 valence electrons. The van der Waals surface area contributed by atoms with Gasteiger partial charge in [-0.05, 0) is 50.6 Å². The van der Waals surface area contributed by atoms with Crippen molar-refractivity contribution in [3.8, 4) is 11.5 Å². The number of fused-ring (bicyclic) bond motifs is 1. The fourth-order valence-electron chi connectivity index (χ4n) is 4.27. The molecule has 0 aromatic heterocycles. The van der Waals surface area contributed by atoms with Gasteiger partial charge in [-0.25, -0.2) is 8.42 Å². The Balaban J connectivity index is 1.88. The first-order valence-corrected chi connectivity index (χ1v) is 11.9. The largest absolute Gasteiger partial charge is 0.465 e. The number of benzene rings is 2. The summed E-state index contributed by atoms with van der Waals surface area (Å²) in [6, 6.07) is 11.2. The summed E-state index contributed by atoms with van der Waals surface area (Å²) in [4.78, 5) is 26.3. The maximum atomic E-state index is 13.7. The molecule has 0 unspecified atom stereocenters. The molecule has 1 heterocycles. The van der Waals surface area contributed by atoms with E-state index in [4.69, 9.17) is 18.9 Å². The van der Waals surface area contributed by atoms with Gasteiger partial charge in [0.15, 0.2) is 26.8 Å². The first kappa shape index (κ1) is 22.1. The minimum atomic E-state index is -4.10. The molecule has 0 radical (unpaired) electrons. The summed E-state index contributed by atoms with van der Waals surface area (Å²) in [5, 5.41) is -1.38. The minimum Gasteiger partial charge on any atom is -0.465 e. The first-order valence-electron chi connectivity index (χ1n) is 10.3. The van der Waals surface area contributed by atoms with Crippen molar-refractivity contribution in [3.05, 3.63) is 53.6 Å². The van der Waals surface area contributed by atoms with Crippen LogP contribution in [0.15, 0.2) is 47.4 Å². The van der Waals surface area contributed by atoms with Gasteiger partial charge in [0, 0.05) is 5.92 Å². The molecule has 2 atom stereocenters. The van der Waals surface area contributed by atoms with Gasteiger partial charge in [0.1, 0.15) is 5.25 Å². The maximum absolute atomic E-state index is 13.7. The zero-order chi connectivity index (χ0) is 23.1. The summed E-state index contributed by atoms with van der Waals surface area (Å²) >= 11 is 0. The van der Waals surface area contributed by atoms with Crippen LogP contribution in [0.4, 0.5) is 0 Å². The highest BCUT2D eigenvalue weighted by atomic mass is 32.2. The van der Waals surface area contributed by atoms with Crippen LogP contribution in [0, 0.1) is 12.3 Å². The summed E-state index contributed by atoms with van der Waals surface area (Å²) in [5.41, 5.74) is -0.672. The van der Waals surface area contributed by atoms with Gasteiger partial charge in [-0.15, -0.1) is 0 Å². The lowest BCUT2D eigenvalue weighted by atomic mass is 9.98. The van der Waals surface area contributed by atoms with Crippen molar-refractivity contribution >= 4 is 21.8 Å². The first-order chi connectivity index (χ1) is 15.3. The second-order valence-corrected chi connectivity index (χ2v) is 9.75. The highest BCUT2D eigenvalue weighted by Crippen LogP contribution is 2.66. The average Bonchev–Trinajstić information content (AvgIpc) is 3.29. The number of aryl methyl sites for hydroxylation is 1. The molecule has 1 saturated carbocycles. The Hall–Kier alpha value is -3.07. The molecular weight excluding hydrogens is 436 g/mol. The van der Waals surface area contributed by atoms with Gasteiger partial charge in [-0.1, -0.05) is 23.8 Å². The molecule has 1 aliphatic carbocycles. The van der Waals surface area contributed by atoms with E-state index in [1.165, 1.54) is 12.1 Å². The number of sulfone groups is 1. The van der Waals surface area contributed by atoms with E-state index in [0.717, 1.165) is 5.56 Å². The summed E-state index contributed by atoms with van der Waals surface area (Å²) in [6.45, 7) is 5.05. The van der Waals surface area contributed by atoms with Gasteiger partial charge >= 0.3 is 11.9 Å². The lowest BCUT2D eigenvalue weighted by Gasteiger charge is -2.15. The lowest BCUT2D eigenvalue weighted by Crippen LogP contribution is -2.35. The number of carbonyl (C=O) groups excluding carboxylic acids is 2. The van der Waals surface area contributed by atoms with Crippen LogP contribution in [0.2, 0.25) is 0 Å². The van der Waals surface area contributed by atoms with Crippen LogP contribution < -0.4 is 9.47 Å². The van der Waals surface area contributed by atoms with Crippen molar-refractivity contribution in [2.75, 3.05) is 20.0 Å². The molecule has 8 nitrogen and oxygen atoms in total. The smallest absolute Gasteiger partial charge is 0.325 e. The molecule has 0 N–H and O–H groups in total. The van der Waals surface area contributed by atoms with Crippen LogP contribution in [0.1, 0.15) is 30.9 Å². The van der Waals surface area contributed by atoms with Crippen molar-refractivity contribution in [3.63, 3.8) is 0 Å². The molecule has 32 heavy (non-hydrogen) atoms. The second-order valence-electron chi connectivity index (χ2n) is 7.68. The number of hydrogen-bond acceptors (Lipinski definition) is 8. The predicted molar refractivity (Wildman–Crippen MR) is 113 cm³/mol. The van der Waals surface area contributed by atoms with E-state index in [1.54, 1.807) is 44.2 Å². The standard InChI is InChI=1S/C23H24O8S/c1-4-28-21(24)23(22(25)29-5-2)19(15-8-11-17-18(12-15)31-13-30-17)20(23)32(26,27)16-9-6-14(3)7-10-16/h6-12,19-20H,4-5,13H2,1-3H3/t19-,20-/m0/s1. The topological polar surface area (TPSA) is 105 Å². The van der Waals surface area contributed by atoms with E-state index in [2.05, 4.69) is 0 Å². The molecule has 2 aromatic rings. The molecule has 0 amide bonds. The number of esters is 2. The normalized spacial score (nSPS) is 20.5. The third-order valence-corrected chi connectivity index (χ3v) is 8.04. The molecule has 4 rings (SSSR count). The van der Waals surface area contributed by atoms with Crippen LogP contribution in [0.5, 0.6) is 11.5 Å². The van der Waals surface area contributed by atoms with Crippen molar-refractivity contribution < 1.29 is 37.0 Å². The molecule has 0 saturated heterocycles. The van der Waals surface area contributed by atoms with Crippen LogP contribution in [0.25, 0.3) is 0 Å². The Kier molecular flexibility index (Phi) is 5.62. The summed E-state index contributed by atoms with van der Waals surface area (Å²) < 4.78 is 48.5. The molecule has 9 heteroatoms. The Morgan fingerprint density at radius 3 is 2.16 bits per heavy atom. The van der Waals surface area contributed by atoms with Crippen LogP contribution in [-0.4, -0.2) is 45.6 Å². The molecule has 2 aromatic carbocycles. The Labute approximate surface area is 186 Å². The molecule has 1 fully saturated rings. The number of carbonyl (C=O) groups is 2. The summed E-state index contributed by atoms with van der Waals surface area (Å²) in [5.74, 6) is -1.90. The zero-order valence-corrected chi connectivity index (χ0v) is 18.8. The highest BCUT2D eigenvalue weighted by molar-refractivity contribution is 7.92. The molecular formula is C23H24O8S. The van der Waals surface area contributed by atoms with Crippen molar-refractivity contribution in [1.82, 2.24) is 0 Å². The van der Waals surface area contributed by atoms with Crippen LogP contribution >= 0.6 is 0 Å². The highest BCUT2D eigenvalue weighted by Gasteiger charge is 2.81. The summed E-state index contributed by atoms with van der Waals surface area (Å²) in [6.07, 6.45) is 0. The Morgan fingerprint density at radius 2 is 1.56 bits per heavy atom. The maximum Gasteiger partial charge on any atom is 0.325 e. The van der Waals surface area contributed by atoms with Gasteiger partial charge in [-0.3, -0.25) is 9.59 Å². The minimum absolute atomic E-state index is 0.00878. The quantitative estimate of drug-likeness (QED) is 0.459. The number of hydrogen-bond donors (Lipinski definition) is 0. The van der Waals surface area contributed by atoms with Gasteiger partial charge in [-0.2, -0.15) is 0 Å². The van der Waals surface area contributed by atoms with E-state index >= 15 is 0 Å². The fourth-order valence-corrected chi connectivity index (χ4v) is 6.56. The summed E-state index contributed by atoms with van der Waals surface area (Å²) in [7, 11) is -4.10. The number of ether oxygens (including phenoxy) is 4. The van der Waals surface area contributed by atoms with Crippen molar-refractivity contribution in [1.29, 1.82) is 0 Å². The average molecular weight is 461 g/mol. The fraction of sp³-hybridized carbons (Fsp3) is 0.391. The molecule has 2 aliphatic rings. The van der Waals surface area contributed by atoms with Crippen molar-refractivity contribution in [2.45, 2.75) is 36.8 Å². The monoisotopic (exact) mass is 460 g/mol. The van der Waals surface area contributed by atoms with Gasteiger partial charge in [0.25, 0.3) is 0 Å². The van der Waals surface area contributed by atoms with Gasteiger partial charge in [0.05, 0.1) is 18.1 Å².